The second-order valence-corrected chi connectivity index (χ2v) is 5.79. The van der Waals surface area contributed by atoms with Crippen molar-refractivity contribution in [2.45, 2.75) is 13.0 Å². The minimum absolute atomic E-state index is 0.0851. The predicted octanol–water partition coefficient (Wildman–Crippen LogP) is 4.64. The molecule has 119 valence electrons. The van der Waals surface area contributed by atoms with Crippen LogP contribution >= 0.6 is 0 Å². The van der Waals surface area contributed by atoms with Gasteiger partial charge in [0.25, 0.3) is 0 Å². The van der Waals surface area contributed by atoms with Crippen molar-refractivity contribution in [3.63, 3.8) is 0 Å². The van der Waals surface area contributed by atoms with Gasteiger partial charge in [-0.15, -0.1) is 0 Å². The summed E-state index contributed by atoms with van der Waals surface area (Å²) < 4.78 is 0. The third-order valence-electron chi connectivity index (χ3n) is 3.93. The average Bonchev–Trinajstić information content (AvgIpc) is 2.62. The van der Waals surface area contributed by atoms with Crippen molar-refractivity contribution in [1.29, 1.82) is 0 Å². The van der Waals surface area contributed by atoms with Crippen LogP contribution in [0.25, 0.3) is 0 Å². The van der Waals surface area contributed by atoms with Gasteiger partial charge >= 0.3 is 0 Å². The molecule has 1 radical (unpaired) electrons. The summed E-state index contributed by atoms with van der Waals surface area (Å²) in [5.74, 6) is 0.0851. The molecule has 0 bridgehead atoms. The number of carbonyl (C=O) groups is 1. The third kappa shape index (κ3) is 4.11. The van der Waals surface area contributed by atoms with E-state index in [0.717, 1.165) is 22.4 Å². The van der Waals surface area contributed by atoms with Crippen LogP contribution < -0.4 is 4.90 Å². The number of carbonyl (C=O) groups excluding carboxylic acids is 1. The first-order valence-electron chi connectivity index (χ1n) is 8.02. The molecule has 1 amide bonds. The van der Waals surface area contributed by atoms with Crippen LogP contribution in [-0.4, -0.2) is 5.91 Å². The van der Waals surface area contributed by atoms with Crippen molar-refractivity contribution in [3.05, 3.63) is 109 Å². The van der Waals surface area contributed by atoms with Gasteiger partial charge in [0.1, 0.15) is 0 Å². The van der Waals surface area contributed by atoms with Gasteiger partial charge in [0.05, 0.1) is 13.0 Å². The van der Waals surface area contributed by atoms with Gasteiger partial charge in [0.2, 0.25) is 5.91 Å². The number of anilines is 1. The van der Waals surface area contributed by atoms with E-state index < -0.39 is 0 Å². The van der Waals surface area contributed by atoms with E-state index in [1.165, 1.54) is 0 Å². The topological polar surface area (TPSA) is 20.3 Å². The minimum Gasteiger partial charge on any atom is -0.308 e. The summed E-state index contributed by atoms with van der Waals surface area (Å²) in [6.07, 6.45) is 0.389. The summed E-state index contributed by atoms with van der Waals surface area (Å²) >= 11 is 0. The van der Waals surface area contributed by atoms with Gasteiger partial charge in [0.15, 0.2) is 0 Å². The van der Waals surface area contributed by atoms with Crippen LogP contribution in [0.4, 0.5) is 5.69 Å². The Bertz CT molecular complexity index is 779. The summed E-state index contributed by atoms with van der Waals surface area (Å²) in [4.78, 5) is 14.7. The maximum atomic E-state index is 12.9. The molecule has 0 atom stereocenters. The van der Waals surface area contributed by atoms with Crippen molar-refractivity contribution in [3.8, 4) is 0 Å². The predicted molar refractivity (Wildman–Crippen MR) is 98.7 cm³/mol. The van der Waals surface area contributed by atoms with Crippen LogP contribution in [0.5, 0.6) is 0 Å². The molecule has 3 rings (SSSR count). The first-order chi connectivity index (χ1) is 11.7. The Labute approximate surface area is 143 Å². The van der Waals surface area contributed by atoms with Gasteiger partial charge < -0.3 is 4.90 Å². The van der Waals surface area contributed by atoms with E-state index in [4.69, 9.17) is 0 Å². The van der Waals surface area contributed by atoms with Crippen LogP contribution in [0.2, 0.25) is 0 Å². The Kier molecular flexibility index (Phi) is 5.07. The highest BCUT2D eigenvalue weighted by Gasteiger charge is 2.16. The van der Waals surface area contributed by atoms with E-state index in [2.05, 4.69) is 6.92 Å². The molecule has 0 N–H and O–H groups in total. The summed E-state index contributed by atoms with van der Waals surface area (Å²) in [7, 11) is 0. The molecule has 0 aliphatic carbocycles. The van der Waals surface area contributed by atoms with Gasteiger partial charge in [-0.25, -0.2) is 0 Å². The number of hydrogen-bond donors (Lipinski definition) is 0. The van der Waals surface area contributed by atoms with Crippen LogP contribution in [0.1, 0.15) is 16.7 Å². The fourth-order valence-electron chi connectivity index (χ4n) is 2.63. The van der Waals surface area contributed by atoms with Crippen molar-refractivity contribution in [1.82, 2.24) is 0 Å². The van der Waals surface area contributed by atoms with Crippen LogP contribution in [0.3, 0.4) is 0 Å². The highest BCUT2D eigenvalue weighted by molar-refractivity contribution is 5.94. The monoisotopic (exact) mass is 314 g/mol. The van der Waals surface area contributed by atoms with Gasteiger partial charge in [-0.1, -0.05) is 72.8 Å². The number of nitrogens with zero attached hydrogens (tertiary/aromatic N) is 1. The smallest absolute Gasteiger partial charge is 0.231 e. The van der Waals surface area contributed by atoms with E-state index in [1.807, 2.05) is 89.8 Å². The molecule has 2 nitrogen and oxygen atoms in total. The second kappa shape index (κ2) is 7.60. The van der Waals surface area contributed by atoms with Crippen molar-refractivity contribution >= 4 is 11.6 Å². The molecule has 2 heteroatoms. The Morgan fingerprint density at radius 3 is 1.88 bits per heavy atom. The Hall–Kier alpha value is -2.87. The zero-order chi connectivity index (χ0) is 16.8. The second-order valence-electron chi connectivity index (χ2n) is 5.79. The Morgan fingerprint density at radius 2 is 1.29 bits per heavy atom. The van der Waals surface area contributed by atoms with E-state index in [1.54, 1.807) is 0 Å². The first-order valence-corrected chi connectivity index (χ1v) is 8.02. The van der Waals surface area contributed by atoms with Gasteiger partial charge in [-0.05, 0) is 35.7 Å². The van der Waals surface area contributed by atoms with Crippen molar-refractivity contribution in [2.75, 3.05) is 4.90 Å². The third-order valence-corrected chi connectivity index (χ3v) is 3.93. The Balaban J connectivity index is 1.86. The summed E-state index contributed by atoms with van der Waals surface area (Å²) in [6, 6.07) is 27.7. The lowest BCUT2D eigenvalue weighted by Crippen LogP contribution is -2.31. The highest BCUT2D eigenvalue weighted by atomic mass is 16.2. The molecule has 0 saturated carbocycles. The zero-order valence-electron chi connectivity index (χ0n) is 13.6. The molecule has 0 saturated heterocycles. The molecule has 0 aliphatic rings. The van der Waals surface area contributed by atoms with Crippen molar-refractivity contribution in [2.24, 2.45) is 0 Å². The first kappa shape index (κ1) is 16.0. The van der Waals surface area contributed by atoms with Crippen molar-refractivity contribution < 1.29 is 4.79 Å². The highest BCUT2D eigenvalue weighted by Crippen LogP contribution is 2.19. The molecule has 0 unspecified atom stereocenters. The van der Waals surface area contributed by atoms with E-state index in [0.29, 0.717) is 13.0 Å². The number of rotatable bonds is 5. The van der Waals surface area contributed by atoms with Gasteiger partial charge in [-0.3, -0.25) is 4.79 Å². The summed E-state index contributed by atoms with van der Waals surface area (Å²) in [5, 5.41) is 0. The van der Waals surface area contributed by atoms with E-state index in [-0.39, 0.29) is 5.91 Å². The molecule has 0 aromatic heterocycles. The van der Waals surface area contributed by atoms with Crippen LogP contribution in [0.15, 0.2) is 84.9 Å². The number of benzene rings is 3. The largest absolute Gasteiger partial charge is 0.308 e. The normalized spacial score (nSPS) is 10.4. The fraction of sp³-hybridized carbons (Fsp3) is 0.0909. The van der Waals surface area contributed by atoms with Gasteiger partial charge in [-0.2, -0.15) is 0 Å². The average molecular weight is 314 g/mol. The lowest BCUT2D eigenvalue weighted by molar-refractivity contribution is -0.118. The van der Waals surface area contributed by atoms with E-state index >= 15 is 0 Å². The lowest BCUT2D eigenvalue weighted by atomic mass is 10.1. The molecule has 0 aliphatic heterocycles. The SMILES string of the molecule is [CH2]c1ccc(N(Cc2ccccc2)C(=O)Cc2ccccc2)cc1. The lowest BCUT2D eigenvalue weighted by Gasteiger charge is -2.23. The summed E-state index contributed by atoms with van der Waals surface area (Å²) in [5.41, 5.74) is 3.97. The molecule has 24 heavy (non-hydrogen) atoms. The van der Waals surface area contributed by atoms with Crippen LogP contribution in [0, 0.1) is 6.92 Å². The molecule has 3 aromatic carbocycles. The van der Waals surface area contributed by atoms with E-state index in [9.17, 15) is 4.79 Å². The fourth-order valence-corrected chi connectivity index (χ4v) is 2.63. The maximum Gasteiger partial charge on any atom is 0.231 e. The quantitative estimate of drug-likeness (QED) is 0.671. The molecular weight excluding hydrogens is 294 g/mol. The molecule has 0 fully saturated rings. The minimum atomic E-state index is 0.0851. The molecule has 3 aromatic rings. The molecular formula is C22H20NO. The maximum absolute atomic E-state index is 12.9. The van der Waals surface area contributed by atoms with Crippen LogP contribution in [-0.2, 0) is 17.8 Å². The number of hydrogen-bond acceptors (Lipinski definition) is 1. The van der Waals surface area contributed by atoms with Gasteiger partial charge in [0, 0.05) is 5.69 Å². The standard InChI is InChI=1S/C22H20NO/c1-18-12-14-21(15-13-18)23(17-20-10-6-3-7-11-20)22(24)16-19-8-4-2-5-9-19/h2-15H,1,16-17H2. The molecule has 0 spiro atoms. The number of amides is 1. The zero-order valence-corrected chi connectivity index (χ0v) is 13.6. The Morgan fingerprint density at radius 1 is 0.750 bits per heavy atom. The molecule has 0 heterocycles. The summed E-state index contributed by atoms with van der Waals surface area (Å²) in [6.45, 7) is 4.47.